The molecule has 1 aromatic carbocycles. The number of nitrogens with one attached hydrogen (secondary N) is 1. The number of benzene rings is 1. The van der Waals surface area contributed by atoms with E-state index in [1.54, 1.807) is 13.8 Å². The number of nitrogens with two attached hydrogens (primary N) is 2. The van der Waals surface area contributed by atoms with Crippen LogP contribution < -0.4 is 16.8 Å². The van der Waals surface area contributed by atoms with Crippen molar-refractivity contribution in [2.75, 3.05) is 6.54 Å². The average Bonchev–Trinajstić information content (AvgIpc) is 2.58. The molecule has 0 spiro atoms. The van der Waals surface area contributed by atoms with E-state index in [0.717, 1.165) is 5.56 Å². The van der Waals surface area contributed by atoms with Gasteiger partial charge in [0, 0.05) is 0 Å². The Morgan fingerprint density at radius 2 is 1.65 bits per heavy atom. The molecule has 0 aliphatic heterocycles. The Kier molecular flexibility index (Phi) is 7.20. The Hall–Kier alpha value is -2.54. The summed E-state index contributed by atoms with van der Waals surface area (Å²) in [6.45, 7) is 6.83. The second kappa shape index (κ2) is 8.71. The van der Waals surface area contributed by atoms with Gasteiger partial charge in [-0.1, -0.05) is 30.3 Å². The molecule has 0 fully saturated rings. The molecular formula is C19H28N4O3. The molecule has 0 bridgehead atoms. The predicted octanol–water partition coefficient (Wildman–Crippen LogP) is 1.05. The van der Waals surface area contributed by atoms with Crippen molar-refractivity contribution in [3.8, 4) is 0 Å². The molecule has 1 aromatic rings. The van der Waals surface area contributed by atoms with Crippen LogP contribution in [0.1, 0.15) is 46.1 Å². The summed E-state index contributed by atoms with van der Waals surface area (Å²) in [5.74, 6) is -1.72. The Balaban J connectivity index is 3.12. The van der Waals surface area contributed by atoms with E-state index in [9.17, 15) is 14.4 Å². The van der Waals surface area contributed by atoms with Crippen LogP contribution in [-0.4, -0.2) is 35.5 Å². The quantitative estimate of drug-likeness (QED) is 0.599. The van der Waals surface area contributed by atoms with Gasteiger partial charge < -0.3 is 16.8 Å². The van der Waals surface area contributed by atoms with Crippen LogP contribution >= 0.6 is 0 Å². The fraction of sp³-hybridized carbons (Fsp3) is 0.474. The summed E-state index contributed by atoms with van der Waals surface area (Å²) in [6.07, 6.45) is 0.718. The van der Waals surface area contributed by atoms with Gasteiger partial charge in [0.15, 0.2) is 0 Å². The minimum atomic E-state index is -1.25. The number of hydrogen-bond donors (Lipinski definition) is 3. The molecule has 0 radical (unpaired) electrons. The minimum absolute atomic E-state index is 0.0405. The van der Waals surface area contributed by atoms with Crippen molar-refractivity contribution in [3.63, 3.8) is 0 Å². The van der Waals surface area contributed by atoms with Gasteiger partial charge in [0.05, 0.1) is 5.41 Å². The van der Waals surface area contributed by atoms with Crippen LogP contribution in [0.2, 0.25) is 0 Å². The molecule has 7 heteroatoms. The molecule has 0 saturated heterocycles. The standard InChI is InChI=1S/C19H28N4O3/c1-18(2,13-9-6-5-7-10-13)17(26)22-14(11-8-12-20)15(24)23-19(3,4)16(21)25/h5-7,9-10H,8,11-12,20H2,1-4H3,(H2,21,25)(H,23,24). The third-order valence-electron chi connectivity index (χ3n) is 4.19. The average molecular weight is 360 g/mol. The van der Waals surface area contributed by atoms with Crippen molar-refractivity contribution in [2.24, 2.45) is 16.5 Å². The first-order valence-electron chi connectivity index (χ1n) is 8.52. The fourth-order valence-electron chi connectivity index (χ4n) is 2.15. The molecule has 7 nitrogen and oxygen atoms in total. The monoisotopic (exact) mass is 360 g/mol. The lowest BCUT2D eigenvalue weighted by atomic mass is 9.84. The second-order valence-corrected chi connectivity index (χ2v) is 7.19. The SMILES string of the molecule is CC(C)(NC(=O)C(CCCN)=NC(=O)C(C)(C)c1ccccc1)C(N)=O. The first-order valence-corrected chi connectivity index (χ1v) is 8.52. The largest absolute Gasteiger partial charge is 0.368 e. The van der Waals surface area contributed by atoms with Crippen LogP contribution in [0.3, 0.4) is 0 Å². The molecule has 0 atom stereocenters. The van der Waals surface area contributed by atoms with Crippen LogP contribution in [-0.2, 0) is 19.8 Å². The zero-order valence-corrected chi connectivity index (χ0v) is 15.8. The normalized spacial score (nSPS) is 12.6. The Morgan fingerprint density at radius 1 is 1.08 bits per heavy atom. The van der Waals surface area contributed by atoms with Gasteiger partial charge in [0.1, 0.15) is 11.3 Å². The number of primary amides is 1. The van der Waals surface area contributed by atoms with E-state index in [4.69, 9.17) is 11.5 Å². The van der Waals surface area contributed by atoms with E-state index in [1.807, 2.05) is 30.3 Å². The van der Waals surface area contributed by atoms with Gasteiger partial charge in [-0.2, -0.15) is 0 Å². The molecule has 142 valence electrons. The lowest BCUT2D eigenvalue weighted by Gasteiger charge is -2.24. The highest BCUT2D eigenvalue weighted by atomic mass is 16.2. The maximum Gasteiger partial charge on any atom is 0.266 e. The summed E-state index contributed by atoms with van der Waals surface area (Å²) in [4.78, 5) is 40.8. The highest BCUT2D eigenvalue weighted by molar-refractivity contribution is 6.41. The maximum atomic E-state index is 12.8. The number of carbonyl (C=O) groups is 3. The van der Waals surface area contributed by atoms with Gasteiger partial charge in [-0.3, -0.25) is 14.4 Å². The molecule has 26 heavy (non-hydrogen) atoms. The summed E-state index contributed by atoms with van der Waals surface area (Å²) >= 11 is 0. The summed E-state index contributed by atoms with van der Waals surface area (Å²) in [5, 5.41) is 2.52. The van der Waals surface area contributed by atoms with Crippen LogP contribution in [0.25, 0.3) is 0 Å². The maximum absolute atomic E-state index is 12.8. The van der Waals surface area contributed by atoms with E-state index >= 15 is 0 Å². The van der Waals surface area contributed by atoms with Crippen LogP contribution in [0, 0.1) is 0 Å². The van der Waals surface area contributed by atoms with E-state index < -0.39 is 28.7 Å². The third kappa shape index (κ3) is 5.49. The van der Waals surface area contributed by atoms with Gasteiger partial charge >= 0.3 is 0 Å². The Labute approximate surface area is 154 Å². The highest BCUT2D eigenvalue weighted by Crippen LogP contribution is 2.24. The Bertz CT molecular complexity index is 694. The molecule has 0 unspecified atom stereocenters. The van der Waals surface area contributed by atoms with Crippen LogP contribution in [0.5, 0.6) is 0 Å². The topological polar surface area (TPSA) is 128 Å². The molecule has 0 aliphatic rings. The first kappa shape index (κ1) is 21.5. The van der Waals surface area contributed by atoms with E-state index in [0.29, 0.717) is 13.0 Å². The van der Waals surface area contributed by atoms with Crippen LogP contribution in [0.4, 0.5) is 0 Å². The molecule has 0 heterocycles. The lowest BCUT2D eigenvalue weighted by Crippen LogP contribution is -2.54. The first-order chi connectivity index (χ1) is 12.0. The van der Waals surface area contributed by atoms with E-state index in [2.05, 4.69) is 10.3 Å². The molecule has 0 aliphatic carbocycles. The lowest BCUT2D eigenvalue weighted by molar-refractivity contribution is -0.127. The molecule has 0 aromatic heterocycles. The van der Waals surface area contributed by atoms with Crippen LogP contribution in [0.15, 0.2) is 35.3 Å². The van der Waals surface area contributed by atoms with Crippen molar-refractivity contribution in [3.05, 3.63) is 35.9 Å². The van der Waals surface area contributed by atoms with Gasteiger partial charge in [0.25, 0.3) is 11.8 Å². The van der Waals surface area contributed by atoms with Crippen molar-refractivity contribution in [1.82, 2.24) is 5.32 Å². The van der Waals surface area contributed by atoms with Gasteiger partial charge in [0.2, 0.25) is 5.91 Å². The smallest absolute Gasteiger partial charge is 0.266 e. The summed E-state index contributed by atoms with van der Waals surface area (Å²) < 4.78 is 0. The third-order valence-corrected chi connectivity index (χ3v) is 4.19. The summed E-state index contributed by atoms with van der Waals surface area (Å²) in [6, 6.07) is 9.21. The van der Waals surface area contributed by atoms with Gasteiger partial charge in [-0.25, -0.2) is 4.99 Å². The number of rotatable bonds is 8. The number of aliphatic imine (C=N–C) groups is 1. The molecule has 0 saturated carbocycles. The molecular weight excluding hydrogens is 332 g/mol. The van der Waals surface area contributed by atoms with Crippen molar-refractivity contribution < 1.29 is 14.4 Å². The highest BCUT2D eigenvalue weighted by Gasteiger charge is 2.32. The van der Waals surface area contributed by atoms with Gasteiger partial charge in [-0.15, -0.1) is 0 Å². The second-order valence-electron chi connectivity index (χ2n) is 7.19. The molecule has 5 N–H and O–H groups in total. The molecule has 3 amide bonds. The Morgan fingerprint density at radius 3 is 2.15 bits per heavy atom. The van der Waals surface area contributed by atoms with Crippen molar-refractivity contribution >= 4 is 23.4 Å². The number of carbonyl (C=O) groups excluding carboxylic acids is 3. The van der Waals surface area contributed by atoms with E-state index in [-0.39, 0.29) is 12.1 Å². The number of hydrogen-bond acceptors (Lipinski definition) is 4. The zero-order chi connectivity index (χ0) is 20.0. The van der Waals surface area contributed by atoms with Gasteiger partial charge in [-0.05, 0) is 52.6 Å². The zero-order valence-electron chi connectivity index (χ0n) is 15.8. The van der Waals surface area contributed by atoms with Crippen molar-refractivity contribution in [2.45, 2.75) is 51.5 Å². The number of nitrogens with zero attached hydrogens (tertiary/aromatic N) is 1. The summed E-state index contributed by atoms with van der Waals surface area (Å²) in [5.41, 5.74) is 9.49. The predicted molar refractivity (Wildman–Crippen MR) is 102 cm³/mol. The molecule has 1 rings (SSSR count). The fourth-order valence-corrected chi connectivity index (χ4v) is 2.15. The minimum Gasteiger partial charge on any atom is -0.368 e. The van der Waals surface area contributed by atoms with Crippen molar-refractivity contribution in [1.29, 1.82) is 0 Å². The van der Waals surface area contributed by atoms with E-state index in [1.165, 1.54) is 13.8 Å². The number of amides is 3. The summed E-state index contributed by atoms with van der Waals surface area (Å²) in [7, 11) is 0.